The predicted octanol–water partition coefficient (Wildman–Crippen LogP) is -4.66. The number of carbonyl (C=O) groups excluding carboxylic acids is 1. The van der Waals surface area contributed by atoms with Gasteiger partial charge in [-0.05, 0) is 0 Å². The molecule has 0 aromatic rings. The van der Waals surface area contributed by atoms with Crippen molar-refractivity contribution in [3.8, 4) is 0 Å². The second kappa shape index (κ2) is 15.2. The molecule has 14 heteroatoms. The normalized spacial score (nSPS) is 14.6. The summed E-state index contributed by atoms with van der Waals surface area (Å²) in [6, 6.07) is 0. The molecule has 0 radical (unpaired) electrons. The molecule has 0 saturated heterocycles. The monoisotopic (exact) mass is 344 g/mol. The van der Waals surface area contributed by atoms with Gasteiger partial charge in [-0.15, -0.1) is 0 Å². The summed E-state index contributed by atoms with van der Waals surface area (Å²) in [4.78, 5) is 39.2. The Morgan fingerprint density at radius 3 is 1.40 bits per heavy atom. The molecule has 0 aromatic heterocycles. The van der Waals surface area contributed by atoms with Crippen LogP contribution in [-0.4, -0.2) is 82.4 Å². The minimum Gasteiger partial charge on any atom is -0.394 e. The molecule has 0 aliphatic rings. The zero-order valence-electron chi connectivity index (χ0n) is 9.90. The van der Waals surface area contributed by atoms with Crippen LogP contribution in [0, 0.1) is 0 Å². The van der Waals surface area contributed by atoms with E-state index in [0.717, 1.165) is 0 Å². The van der Waals surface area contributed by atoms with Gasteiger partial charge in [0.1, 0.15) is 24.9 Å². The fourth-order valence-corrected chi connectivity index (χ4v) is 0.602. The summed E-state index contributed by atoms with van der Waals surface area (Å²) < 4.78 is 17.5. The van der Waals surface area contributed by atoms with Gasteiger partial charge < -0.3 is 45.1 Å². The highest BCUT2D eigenvalue weighted by Gasteiger charge is 2.28. The molecule has 12 nitrogen and oxygen atoms in total. The Kier molecular flexibility index (Phi) is 18.8. The highest BCUT2D eigenvalue weighted by Crippen LogP contribution is 2.00. The maximum Gasteiger partial charge on any atom is 0.314 e. The third-order valence-corrected chi connectivity index (χ3v) is 1.39. The second-order valence-electron chi connectivity index (χ2n) is 2.87. The summed E-state index contributed by atoms with van der Waals surface area (Å²) in [6.45, 7) is -1.69. The summed E-state index contributed by atoms with van der Waals surface area (Å²) in [5.74, 6) is -1.00. The molecule has 0 rings (SSSR count). The Bertz CT molecular complexity index is 276. The van der Waals surface area contributed by atoms with Crippen molar-refractivity contribution in [2.75, 3.05) is 13.2 Å². The third-order valence-electron chi connectivity index (χ3n) is 1.39. The number of hydrogen-bond acceptors (Lipinski definition) is 8. The number of ketones is 1. The van der Waals surface area contributed by atoms with Crippen LogP contribution in [0.25, 0.3) is 0 Å². The Morgan fingerprint density at radius 1 is 0.900 bits per heavy atom. The van der Waals surface area contributed by atoms with Crippen LogP contribution in [-0.2, 0) is 13.9 Å². The summed E-state index contributed by atoms with van der Waals surface area (Å²) in [6.07, 6.45) is -5.22. The van der Waals surface area contributed by atoms with Crippen molar-refractivity contribution >= 4 is 22.3 Å². The minimum absolute atomic E-state index is 0.767. The van der Waals surface area contributed by atoms with Crippen LogP contribution in [0.5, 0.6) is 0 Å². The SMILES string of the molecule is O=C(CO)[C@@H](O)[C@H](O)[C@H](O)CO.O=[PH](O)O.O=[PH](O)O. The number of Topliss-reactive ketones (excluding diaryl/α,β-unsaturated/α-hetero) is 1. The molecule has 0 spiro atoms. The molecule has 0 heterocycles. The molecule has 0 unspecified atom stereocenters. The van der Waals surface area contributed by atoms with Gasteiger partial charge in [-0.1, -0.05) is 0 Å². The van der Waals surface area contributed by atoms with Gasteiger partial charge >= 0.3 is 16.5 Å². The van der Waals surface area contributed by atoms with Crippen LogP contribution >= 0.6 is 16.5 Å². The first kappa shape index (κ1) is 24.8. The average Bonchev–Trinajstić information content (AvgIpc) is 2.33. The van der Waals surface area contributed by atoms with Gasteiger partial charge in [-0.3, -0.25) is 13.9 Å². The summed E-state index contributed by atoms with van der Waals surface area (Å²) >= 11 is 0. The first-order valence-electron chi connectivity index (χ1n) is 4.63. The molecule has 124 valence electrons. The number of aliphatic hydroxyl groups is 5. The fraction of sp³-hybridized carbons (Fsp3) is 0.833. The lowest BCUT2D eigenvalue weighted by molar-refractivity contribution is -0.142. The molecular formula is C6H18O12P2. The Hall–Kier alpha value is -0.230. The summed E-state index contributed by atoms with van der Waals surface area (Å²) in [5, 5.41) is 43.1. The van der Waals surface area contributed by atoms with E-state index in [1.54, 1.807) is 0 Å². The maximum atomic E-state index is 10.5. The number of carbonyl (C=O) groups is 1. The van der Waals surface area contributed by atoms with E-state index in [2.05, 4.69) is 0 Å². The van der Waals surface area contributed by atoms with Gasteiger partial charge in [-0.2, -0.15) is 0 Å². The standard InChI is InChI=1S/C6H12O6.2H3O3P/c7-1-3(9)5(11)6(12)4(10)2-8;2*1-4(2)3/h3,5-9,11-12H,1-2H2;2*4H,(H2,1,2,3)/t3-,5-,6-;;/m1../s1. The second-order valence-corrected chi connectivity index (χ2v) is 4.01. The lowest BCUT2D eigenvalue weighted by Gasteiger charge is -2.19. The lowest BCUT2D eigenvalue weighted by atomic mass is 10.1. The van der Waals surface area contributed by atoms with E-state index >= 15 is 0 Å². The predicted molar refractivity (Wildman–Crippen MR) is 64.1 cm³/mol. The van der Waals surface area contributed by atoms with Crippen LogP contribution in [0.1, 0.15) is 0 Å². The first-order chi connectivity index (χ1) is 9.00. The van der Waals surface area contributed by atoms with Crippen molar-refractivity contribution < 1.29 is 59.0 Å². The Labute approximate surface area is 114 Å². The lowest BCUT2D eigenvalue weighted by Crippen LogP contribution is -2.44. The Morgan fingerprint density at radius 2 is 1.20 bits per heavy atom. The molecule has 9 N–H and O–H groups in total. The molecule has 0 bridgehead atoms. The van der Waals surface area contributed by atoms with Crippen LogP contribution in [0.4, 0.5) is 0 Å². The van der Waals surface area contributed by atoms with E-state index in [0.29, 0.717) is 0 Å². The van der Waals surface area contributed by atoms with Gasteiger partial charge in [-0.25, -0.2) is 0 Å². The molecule has 0 saturated carbocycles. The van der Waals surface area contributed by atoms with Gasteiger partial charge in [0.05, 0.1) is 6.61 Å². The van der Waals surface area contributed by atoms with Crippen LogP contribution < -0.4 is 0 Å². The zero-order chi connectivity index (χ0) is 16.9. The highest BCUT2D eigenvalue weighted by molar-refractivity contribution is 7.31. The van der Waals surface area contributed by atoms with Gasteiger partial charge in [0.15, 0.2) is 5.78 Å². The number of hydrogen-bond donors (Lipinski definition) is 9. The van der Waals surface area contributed by atoms with Crippen molar-refractivity contribution in [1.82, 2.24) is 0 Å². The largest absolute Gasteiger partial charge is 0.394 e. The van der Waals surface area contributed by atoms with E-state index < -0.39 is 53.8 Å². The summed E-state index contributed by atoms with van der Waals surface area (Å²) in [5.41, 5.74) is 0. The van der Waals surface area contributed by atoms with Crippen LogP contribution in [0.15, 0.2) is 0 Å². The van der Waals surface area contributed by atoms with E-state index in [-0.39, 0.29) is 0 Å². The zero-order valence-corrected chi connectivity index (χ0v) is 11.9. The molecule has 0 aliphatic heterocycles. The maximum absolute atomic E-state index is 10.5. The minimum atomic E-state index is -3.13. The van der Waals surface area contributed by atoms with E-state index in [1.807, 2.05) is 0 Å². The first-order valence-corrected chi connectivity index (χ1v) is 7.24. The molecule has 0 aliphatic carbocycles. The number of aliphatic hydroxyl groups excluding tert-OH is 5. The van der Waals surface area contributed by atoms with Crippen molar-refractivity contribution in [3.63, 3.8) is 0 Å². The topological polar surface area (TPSA) is 233 Å². The van der Waals surface area contributed by atoms with E-state index in [4.69, 9.17) is 54.2 Å². The molecular weight excluding hydrogens is 326 g/mol. The van der Waals surface area contributed by atoms with Crippen molar-refractivity contribution in [3.05, 3.63) is 0 Å². The van der Waals surface area contributed by atoms with E-state index in [9.17, 15) is 4.79 Å². The van der Waals surface area contributed by atoms with Gasteiger partial charge in [0.25, 0.3) is 0 Å². The van der Waals surface area contributed by atoms with Gasteiger partial charge in [0, 0.05) is 0 Å². The van der Waals surface area contributed by atoms with Crippen molar-refractivity contribution in [2.24, 2.45) is 0 Å². The average molecular weight is 344 g/mol. The van der Waals surface area contributed by atoms with Crippen molar-refractivity contribution in [1.29, 1.82) is 0 Å². The van der Waals surface area contributed by atoms with Crippen LogP contribution in [0.3, 0.4) is 0 Å². The fourth-order valence-electron chi connectivity index (χ4n) is 0.602. The Balaban J connectivity index is -0.000000297. The highest BCUT2D eigenvalue weighted by atomic mass is 31.1. The molecule has 20 heavy (non-hydrogen) atoms. The molecule has 0 fully saturated rings. The molecule has 3 atom stereocenters. The van der Waals surface area contributed by atoms with E-state index in [1.165, 1.54) is 0 Å². The van der Waals surface area contributed by atoms with Gasteiger partial charge in [0.2, 0.25) is 0 Å². The quantitative estimate of drug-likeness (QED) is 0.214. The van der Waals surface area contributed by atoms with Crippen molar-refractivity contribution in [2.45, 2.75) is 18.3 Å². The molecule has 0 aromatic carbocycles. The number of rotatable bonds is 5. The van der Waals surface area contributed by atoms with Crippen LogP contribution in [0.2, 0.25) is 0 Å². The summed E-state index contributed by atoms with van der Waals surface area (Å²) in [7, 11) is -6.26. The molecule has 0 amide bonds. The smallest absolute Gasteiger partial charge is 0.314 e. The third kappa shape index (κ3) is 20.1.